The van der Waals surface area contributed by atoms with Gasteiger partial charge in [-0.2, -0.15) is 0 Å². The highest BCUT2D eigenvalue weighted by molar-refractivity contribution is 5.93. The first-order chi connectivity index (χ1) is 7.77. The molecule has 88 valence electrons. The Morgan fingerprint density at radius 3 is 3.00 bits per heavy atom. The number of Topliss-reactive ketones (excluding diaryl/α,β-unsaturated/α-hetero) is 1. The predicted molar refractivity (Wildman–Crippen MR) is 59.4 cm³/mol. The molecule has 0 atom stereocenters. The number of aromatic nitrogens is 2. The Morgan fingerprint density at radius 1 is 1.62 bits per heavy atom. The molecule has 2 heterocycles. The first kappa shape index (κ1) is 11.3. The molecule has 1 saturated heterocycles. The molecule has 0 amide bonds. The molecule has 2 rings (SSSR count). The second kappa shape index (κ2) is 5.23. The first-order valence-electron chi connectivity index (χ1n) is 5.60. The number of rotatable bonds is 4. The van der Waals surface area contributed by atoms with Gasteiger partial charge in [-0.1, -0.05) is 0 Å². The Kier molecular flexibility index (Phi) is 3.69. The van der Waals surface area contributed by atoms with Crippen LogP contribution in [0.15, 0.2) is 12.4 Å². The lowest BCUT2D eigenvalue weighted by Gasteiger charge is -2.22. The lowest BCUT2D eigenvalue weighted by molar-refractivity contribution is 0.0310. The maximum absolute atomic E-state index is 11.7. The fourth-order valence-electron chi connectivity index (χ4n) is 1.85. The third-order valence-electron chi connectivity index (χ3n) is 2.81. The molecule has 5 nitrogen and oxygen atoms in total. The van der Waals surface area contributed by atoms with Crippen LogP contribution in [-0.2, 0) is 11.8 Å². The van der Waals surface area contributed by atoms with E-state index in [9.17, 15) is 4.79 Å². The highest BCUT2D eigenvalue weighted by atomic mass is 16.5. The number of piperidine rings is 1. The second-order valence-corrected chi connectivity index (χ2v) is 4.05. The minimum Gasteiger partial charge on any atom is -0.370 e. The van der Waals surface area contributed by atoms with Crippen LogP contribution < -0.4 is 5.32 Å². The molecule has 1 aromatic heterocycles. The molecule has 0 spiro atoms. The average molecular weight is 223 g/mol. The molecule has 16 heavy (non-hydrogen) atoms. The SMILES string of the molecule is Cn1ccnc1C(=O)COC1CCNCC1. The van der Waals surface area contributed by atoms with E-state index in [1.165, 1.54) is 0 Å². The van der Waals surface area contributed by atoms with Gasteiger partial charge in [-0.3, -0.25) is 4.79 Å². The third-order valence-corrected chi connectivity index (χ3v) is 2.81. The largest absolute Gasteiger partial charge is 0.370 e. The smallest absolute Gasteiger partial charge is 0.223 e. The van der Waals surface area contributed by atoms with Gasteiger partial charge in [-0.05, 0) is 25.9 Å². The van der Waals surface area contributed by atoms with E-state index >= 15 is 0 Å². The van der Waals surface area contributed by atoms with Gasteiger partial charge >= 0.3 is 0 Å². The van der Waals surface area contributed by atoms with Crippen LogP contribution in [0, 0.1) is 0 Å². The van der Waals surface area contributed by atoms with E-state index < -0.39 is 0 Å². The van der Waals surface area contributed by atoms with E-state index in [0.717, 1.165) is 25.9 Å². The van der Waals surface area contributed by atoms with Crippen molar-refractivity contribution in [3.63, 3.8) is 0 Å². The highest BCUT2D eigenvalue weighted by Gasteiger charge is 2.17. The Balaban J connectivity index is 1.81. The van der Waals surface area contributed by atoms with Crippen LogP contribution >= 0.6 is 0 Å². The van der Waals surface area contributed by atoms with Gasteiger partial charge in [0.2, 0.25) is 5.78 Å². The number of imidazole rings is 1. The molecule has 0 saturated carbocycles. The van der Waals surface area contributed by atoms with Crippen LogP contribution in [0.2, 0.25) is 0 Å². The van der Waals surface area contributed by atoms with Crippen molar-refractivity contribution < 1.29 is 9.53 Å². The quantitative estimate of drug-likeness (QED) is 0.749. The molecule has 5 heteroatoms. The monoisotopic (exact) mass is 223 g/mol. The molecule has 1 aromatic rings. The maximum Gasteiger partial charge on any atom is 0.223 e. The van der Waals surface area contributed by atoms with E-state index in [1.807, 2.05) is 7.05 Å². The van der Waals surface area contributed by atoms with E-state index in [2.05, 4.69) is 10.3 Å². The van der Waals surface area contributed by atoms with E-state index in [0.29, 0.717) is 5.82 Å². The zero-order valence-corrected chi connectivity index (χ0v) is 9.48. The maximum atomic E-state index is 11.7. The number of ketones is 1. The van der Waals surface area contributed by atoms with Crippen LogP contribution in [0.4, 0.5) is 0 Å². The molecule has 0 bridgehead atoms. The summed E-state index contributed by atoms with van der Waals surface area (Å²) >= 11 is 0. The van der Waals surface area contributed by atoms with Gasteiger partial charge in [-0.25, -0.2) is 4.98 Å². The van der Waals surface area contributed by atoms with E-state index in [1.54, 1.807) is 17.0 Å². The summed E-state index contributed by atoms with van der Waals surface area (Å²) in [5, 5.41) is 3.26. The summed E-state index contributed by atoms with van der Waals surface area (Å²) < 4.78 is 7.30. The molecule has 1 aliphatic heterocycles. The first-order valence-corrected chi connectivity index (χ1v) is 5.60. The van der Waals surface area contributed by atoms with Crippen molar-refractivity contribution in [3.05, 3.63) is 18.2 Å². The fourth-order valence-corrected chi connectivity index (χ4v) is 1.85. The van der Waals surface area contributed by atoms with Crippen LogP contribution in [0.25, 0.3) is 0 Å². The summed E-state index contributed by atoms with van der Waals surface area (Å²) in [6.45, 7) is 2.08. The van der Waals surface area contributed by atoms with Gasteiger partial charge in [-0.15, -0.1) is 0 Å². The summed E-state index contributed by atoms with van der Waals surface area (Å²) in [5.74, 6) is 0.417. The van der Waals surface area contributed by atoms with Gasteiger partial charge in [0.1, 0.15) is 6.61 Å². The van der Waals surface area contributed by atoms with Crippen molar-refractivity contribution in [2.24, 2.45) is 7.05 Å². The minimum absolute atomic E-state index is 0.0500. The summed E-state index contributed by atoms with van der Waals surface area (Å²) in [4.78, 5) is 15.7. The molecule has 1 N–H and O–H groups in total. The zero-order valence-electron chi connectivity index (χ0n) is 9.48. The van der Waals surface area contributed by atoms with Gasteiger partial charge < -0.3 is 14.6 Å². The summed E-state index contributed by atoms with van der Waals surface area (Å²) in [6.07, 6.45) is 5.56. The summed E-state index contributed by atoms with van der Waals surface area (Å²) in [5.41, 5.74) is 0. The highest BCUT2D eigenvalue weighted by Crippen LogP contribution is 2.08. The lowest BCUT2D eigenvalue weighted by atomic mass is 10.1. The van der Waals surface area contributed by atoms with E-state index in [-0.39, 0.29) is 18.5 Å². The van der Waals surface area contributed by atoms with Crippen molar-refractivity contribution in [1.29, 1.82) is 0 Å². The number of nitrogens with zero attached hydrogens (tertiary/aromatic N) is 2. The Labute approximate surface area is 94.8 Å². The number of hydrogen-bond acceptors (Lipinski definition) is 4. The molecule has 1 fully saturated rings. The van der Waals surface area contributed by atoms with Crippen molar-refractivity contribution in [3.8, 4) is 0 Å². The zero-order chi connectivity index (χ0) is 11.4. The number of carbonyl (C=O) groups excluding carboxylic acids is 1. The fraction of sp³-hybridized carbons (Fsp3) is 0.636. The standard InChI is InChI=1S/C11H17N3O2/c1-14-7-6-13-11(14)10(15)8-16-9-2-4-12-5-3-9/h6-7,9,12H,2-5,8H2,1H3. The molecular weight excluding hydrogens is 206 g/mol. The normalized spacial score (nSPS) is 17.6. The molecular formula is C11H17N3O2. The number of ether oxygens (including phenoxy) is 1. The molecule has 0 unspecified atom stereocenters. The minimum atomic E-state index is -0.0500. The molecule has 0 aliphatic carbocycles. The van der Waals surface area contributed by atoms with Gasteiger partial charge in [0.15, 0.2) is 5.82 Å². The lowest BCUT2D eigenvalue weighted by Crippen LogP contribution is -2.33. The topological polar surface area (TPSA) is 56.2 Å². The van der Waals surface area contributed by atoms with Crippen molar-refractivity contribution in [1.82, 2.24) is 14.9 Å². The second-order valence-electron chi connectivity index (χ2n) is 4.05. The van der Waals surface area contributed by atoms with Gasteiger partial charge in [0.25, 0.3) is 0 Å². The number of nitrogens with one attached hydrogen (secondary N) is 1. The molecule has 0 radical (unpaired) electrons. The van der Waals surface area contributed by atoms with Crippen LogP contribution in [-0.4, -0.2) is 41.1 Å². The van der Waals surface area contributed by atoms with E-state index in [4.69, 9.17) is 4.74 Å². The van der Waals surface area contributed by atoms with Crippen molar-refractivity contribution in [2.45, 2.75) is 18.9 Å². The van der Waals surface area contributed by atoms with Gasteiger partial charge in [0, 0.05) is 19.4 Å². The number of carbonyl (C=O) groups is 1. The van der Waals surface area contributed by atoms with Crippen LogP contribution in [0.3, 0.4) is 0 Å². The number of hydrogen-bond donors (Lipinski definition) is 1. The summed E-state index contributed by atoms with van der Waals surface area (Å²) in [6, 6.07) is 0. The van der Waals surface area contributed by atoms with Crippen LogP contribution in [0.1, 0.15) is 23.5 Å². The Morgan fingerprint density at radius 2 is 2.38 bits per heavy atom. The molecule has 0 aromatic carbocycles. The number of aryl methyl sites for hydroxylation is 1. The Bertz CT molecular complexity index is 356. The van der Waals surface area contributed by atoms with Gasteiger partial charge in [0.05, 0.1) is 6.10 Å². The van der Waals surface area contributed by atoms with Crippen LogP contribution in [0.5, 0.6) is 0 Å². The third kappa shape index (κ3) is 2.68. The average Bonchev–Trinajstić information content (AvgIpc) is 2.74. The Hall–Kier alpha value is -1.20. The molecule has 1 aliphatic rings. The predicted octanol–water partition coefficient (Wildman–Crippen LogP) is 0.371. The summed E-state index contributed by atoms with van der Waals surface area (Å²) in [7, 11) is 1.81. The van der Waals surface area contributed by atoms with Crippen molar-refractivity contribution in [2.75, 3.05) is 19.7 Å². The van der Waals surface area contributed by atoms with Crippen molar-refractivity contribution >= 4 is 5.78 Å².